The lowest BCUT2D eigenvalue weighted by atomic mass is 9.73. The number of nitrogens with zero attached hydrogens (tertiary/aromatic N) is 2. The summed E-state index contributed by atoms with van der Waals surface area (Å²) < 4.78 is 36.2. The third kappa shape index (κ3) is 4.71. The predicted molar refractivity (Wildman–Crippen MR) is 205 cm³/mol. The van der Waals surface area contributed by atoms with Crippen molar-refractivity contribution in [3.63, 3.8) is 0 Å². The number of aromatic nitrogens is 1. The number of likely N-dealkylation sites (N-methyl/N-ethyl adjacent to an activating group) is 1. The smallest absolute Gasteiger partial charge is 0.333 e. The molecule has 294 valence electrons. The molecule has 0 amide bonds. The molecule has 2 fully saturated rings. The van der Waals surface area contributed by atoms with E-state index in [-0.39, 0.29) is 30.9 Å². The summed E-state index contributed by atoms with van der Waals surface area (Å²) in [5, 5.41) is 28.7. The molecule has 0 aliphatic carbocycles. The second-order valence-electron chi connectivity index (χ2n) is 15.6. The number of fused-ring (bicyclic) bond motifs is 11. The van der Waals surface area contributed by atoms with Gasteiger partial charge in [-0.15, -0.1) is 11.8 Å². The molecule has 14 nitrogen and oxygen atoms in total. The summed E-state index contributed by atoms with van der Waals surface area (Å²) in [5.41, 5.74) is 5.79. The molecule has 7 aliphatic heterocycles. The summed E-state index contributed by atoms with van der Waals surface area (Å²) in [6, 6.07) is 5.77. The van der Waals surface area contributed by atoms with Crippen LogP contribution in [0.1, 0.15) is 68.9 Å². The normalized spacial score (nSPS) is 28.9. The second-order valence-corrected chi connectivity index (χ2v) is 16.8. The molecule has 8 heterocycles. The largest absolute Gasteiger partial charge is 0.504 e. The minimum atomic E-state index is -1.28. The molecule has 4 aromatic rings. The molecule has 4 bridgehead atoms. The Labute approximate surface area is 327 Å². The van der Waals surface area contributed by atoms with Crippen molar-refractivity contribution < 1.29 is 48.2 Å². The van der Waals surface area contributed by atoms with E-state index >= 15 is 0 Å². The van der Waals surface area contributed by atoms with Gasteiger partial charge in [-0.05, 0) is 68.6 Å². The van der Waals surface area contributed by atoms with Crippen LogP contribution in [0.5, 0.6) is 34.5 Å². The van der Waals surface area contributed by atoms with Gasteiger partial charge in [0.1, 0.15) is 24.3 Å². The van der Waals surface area contributed by atoms with Crippen LogP contribution in [0.3, 0.4) is 0 Å². The lowest BCUT2D eigenvalue weighted by Gasteiger charge is -2.62. The topological polar surface area (TPSA) is 164 Å². The van der Waals surface area contributed by atoms with Crippen LogP contribution in [0.2, 0.25) is 0 Å². The monoisotopic (exact) mass is 784 g/mol. The van der Waals surface area contributed by atoms with Crippen molar-refractivity contribution >= 4 is 34.6 Å². The highest BCUT2D eigenvalue weighted by molar-refractivity contribution is 7.99. The number of carbonyl (C=O) groups is 2. The van der Waals surface area contributed by atoms with Crippen LogP contribution < -0.4 is 29.0 Å². The van der Waals surface area contributed by atoms with Crippen LogP contribution in [0.15, 0.2) is 24.3 Å². The van der Waals surface area contributed by atoms with Gasteiger partial charge in [0.25, 0.3) is 0 Å². The molecule has 0 unspecified atom stereocenters. The number of piperazine rings is 1. The van der Waals surface area contributed by atoms with Gasteiger partial charge in [-0.25, -0.2) is 4.79 Å². The maximum Gasteiger partial charge on any atom is 0.333 e. The average Bonchev–Trinajstić information content (AvgIpc) is 3.82. The lowest BCUT2D eigenvalue weighted by molar-refractivity contribution is -0.186. The van der Waals surface area contributed by atoms with Crippen LogP contribution in [-0.4, -0.2) is 102 Å². The molecule has 7 aliphatic rings. The molecule has 0 radical (unpaired) electrons. The molecule has 2 saturated heterocycles. The van der Waals surface area contributed by atoms with E-state index in [0.29, 0.717) is 59.1 Å². The Bertz CT molecular complexity index is 2360. The highest BCUT2D eigenvalue weighted by Gasteiger charge is 2.61. The number of H-pyrrole nitrogens is 1. The molecule has 1 aromatic heterocycles. The van der Waals surface area contributed by atoms with Crippen LogP contribution >= 0.6 is 11.8 Å². The summed E-state index contributed by atoms with van der Waals surface area (Å²) in [6.45, 7) is 5.46. The first kappa shape index (κ1) is 35.7. The quantitative estimate of drug-likeness (QED) is 0.173. The number of esters is 2. The highest BCUT2D eigenvalue weighted by Crippen LogP contribution is 2.64. The van der Waals surface area contributed by atoms with Crippen molar-refractivity contribution in [2.75, 3.05) is 47.0 Å². The summed E-state index contributed by atoms with van der Waals surface area (Å²) in [4.78, 5) is 35.6. The molecule has 15 heteroatoms. The number of benzene rings is 3. The maximum atomic E-state index is 14.9. The predicted octanol–water partition coefficient (Wildman–Crippen LogP) is 4.19. The second kappa shape index (κ2) is 12.7. The van der Waals surface area contributed by atoms with Crippen molar-refractivity contribution in [3.05, 3.63) is 68.9 Å². The fourth-order valence-corrected chi connectivity index (χ4v) is 12.2. The number of hydrogen-bond donors (Lipinski definition) is 4. The van der Waals surface area contributed by atoms with Crippen LogP contribution in [0.25, 0.3) is 10.9 Å². The number of phenolic OH excluding ortho intramolecular Hbond substituents is 1. The van der Waals surface area contributed by atoms with Gasteiger partial charge >= 0.3 is 11.9 Å². The number of thioether (sulfide) groups is 1. The molecule has 3 aromatic carbocycles. The van der Waals surface area contributed by atoms with Crippen molar-refractivity contribution in [2.24, 2.45) is 0 Å². The van der Waals surface area contributed by atoms with Gasteiger partial charge in [-0.2, -0.15) is 0 Å². The Hall–Kier alpha value is -4.67. The first-order valence-corrected chi connectivity index (χ1v) is 20.0. The van der Waals surface area contributed by atoms with Gasteiger partial charge in [0.05, 0.1) is 43.3 Å². The Morgan fingerprint density at radius 3 is 2.62 bits per heavy atom. The standard InChI is InChI=1S/C41H44N4O10S/c1-17-11-20-12-25-39(48)45-26-14-52-40(49)41(38-22(9-10-42-41)23-13-21(50-5)7-8-24(23)43-38)15-56-37(31(45)30(44(25)4)27(20)32(47)33(17)51-6)29-28(26)36-35(53-16-54-36)18(2)34(29)55-19(3)46/h7-8,11,13,25-26,30-31,37,39,42-43,47-48H,9-10,12,14-16H2,1-6H3/t25-,26+,30+,31+,37-,39+,41-/m1/s1. The van der Waals surface area contributed by atoms with Gasteiger partial charge in [0, 0.05) is 58.4 Å². The number of carbonyl (C=O) groups excluding carboxylic acids is 2. The van der Waals surface area contributed by atoms with Gasteiger partial charge in [0.15, 0.2) is 28.5 Å². The Kier molecular flexibility index (Phi) is 8.08. The number of aromatic hydroxyl groups is 1. The third-order valence-corrected chi connectivity index (χ3v) is 14.4. The molecule has 56 heavy (non-hydrogen) atoms. The zero-order chi connectivity index (χ0) is 38.9. The number of aliphatic hydroxyl groups excluding tert-OH is 1. The van der Waals surface area contributed by atoms with Crippen LogP contribution in [0.4, 0.5) is 0 Å². The van der Waals surface area contributed by atoms with E-state index in [0.717, 1.165) is 44.6 Å². The number of aryl methyl sites for hydroxylation is 1. The molecule has 7 atom stereocenters. The van der Waals surface area contributed by atoms with E-state index in [4.69, 9.17) is 28.4 Å². The fraction of sp³-hybridized carbons (Fsp3) is 0.463. The van der Waals surface area contributed by atoms with E-state index in [2.05, 4.69) is 15.2 Å². The molecule has 1 spiro atoms. The number of nitrogens with one attached hydrogen (secondary N) is 2. The van der Waals surface area contributed by atoms with Gasteiger partial charge in [0.2, 0.25) is 6.79 Å². The van der Waals surface area contributed by atoms with Crippen molar-refractivity contribution in [1.29, 1.82) is 0 Å². The van der Waals surface area contributed by atoms with Crippen LogP contribution in [-0.2, 0) is 32.7 Å². The summed E-state index contributed by atoms with van der Waals surface area (Å²) >= 11 is 1.53. The number of aromatic amines is 1. The molecule has 11 rings (SSSR count). The number of phenols is 1. The van der Waals surface area contributed by atoms with Gasteiger partial charge < -0.3 is 43.6 Å². The van der Waals surface area contributed by atoms with E-state index in [9.17, 15) is 19.8 Å². The molecular weight excluding hydrogens is 741 g/mol. The Balaban J connectivity index is 1.23. The molecular formula is C41H44N4O10S. The first-order chi connectivity index (χ1) is 27.0. The first-order valence-electron chi connectivity index (χ1n) is 18.9. The fourth-order valence-electron chi connectivity index (χ4n) is 10.6. The number of ether oxygens (including phenoxy) is 6. The minimum absolute atomic E-state index is 0.0439. The van der Waals surface area contributed by atoms with E-state index < -0.39 is 47.1 Å². The van der Waals surface area contributed by atoms with Crippen molar-refractivity contribution in [3.8, 4) is 34.5 Å². The Morgan fingerprint density at radius 1 is 1.05 bits per heavy atom. The zero-order valence-corrected chi connectivity index (χ0v) is 32.8. The highest BCUT2D eigenvalue weighted by atomic mass is 32.2. The number of rotatable bonds is 3. The third-order valence-electron chi connectivity index (χ3n) is 12.9. The van der Waals surface area contributed by atoms with Crippen molar-refractivity contribution in [2.45, 2.75) is 74.8 Å². The van der Waals surface area contributed by atoms with E-state index in [1.54, 1.807) is 14.2 Å². The summed E-state index contributed by atoms with van der Waals surface area (Å²) in [7, 11) is 5.17. The summed E-state index contributed by atoms with van der Waals surface area (Å²) in [6.07, 6.45) is 0.129. The number of aliphatic hydroxyl groups is 1. The van der Waals surface area contributed by atoms with Gasteiger partial charge in [-0.1, -0.05) is 6.07 Å². The maximum absolute atomic E-state index is 14.9. The lowest BCUT2D eigenvalue weighted by Crippen LogP contribution is -2.70. The van der Waals surface area contributed by atoms with Crippen LogP contribution in [0, 0.1) is 13.8 Å². The minimum Gasteiger partial charge on any atom is -0.504 e. The Morgan fingerprint density at radius 2 is 1.86 bits per heavy atom. The SMILES string of the molecule is COc1ccc2[nH]c3c(c2c1)CCN[C@]31CS[C@@H]2c3c(OC(C)=O)c(C)c4c(c3[C@H](COC1=O)N1[C@H]2[C@@H]2c3c(cc(C)c(OC)c3O)C[C@H]([C@@H]1O)N2C)OCO4. The number of hydrogen-bond acceptors (Lipinski definition) is 14. The number of methoxy groups -OCH3 is 2. The van der Waals surface area contributed by atoms with E-state index in [1.165, 1.54) is 18.7 Å². The summed E-state index contributed by atoms with van der Waals surface area (Å²) in [5.74, 6) is 1.73. The zero-order valence-electron chi connectivity index (χ0n) is 32.0. The van der Waals surface area contributed by atoms with E-state index in [1.807, 2.05) is 50.1 Å². The average molecular weight is 785 g/mol. The van der Waals surface area contributed by atoms with Crippen molar-refractivity contribution in [1.82, 2.24) is 20.1 Å². The molecule has 0 saturated carbocycles. The molecule has 4 N–H and O–H groups in total. The van der Waals surface area contributed by atoms with Gasteiger partial charge in [-0.3, -0.25) is 19.9 Å².